The summed E-state index contributed by atoms with van der Waals surface area (Å²) in [6.07, 6.45) is -3.33. The Balaban J connectivity index is 1.69. The fraction of sp³-hybridized carbons (Fsp3) is 0.414. The predicted octanol–water partition coefficient (Wildman–Crippen LogP) is 2.86. The second-order valence-corrected chi connectivity index (χ2v) is 10.6. The molecule has 0 aliphatic carbocycles. The fourth-order valence-electron chi connectivity index (χ4n) is 4.63. The van der Waals surface area contributed by atoms with Gasteiger partial charge in [-0.25, -0.2) is 4.98 Å². The van der Waals surface area contributed by atoms with Crippen LogP contribution in [0.3, 0.4) is 0 Å². The number of aromatic nitrogens is 2. The third kappa shape index (κ3) is 8.01. The highest BCUT2D eigenvalue weighted by atomic mass is 32.2. The lowest BCUT2D eigenvalue weighted by atomic mass is 9.97. The van der Waals surface area contributed by atoms with Gasteiger partial charge in [-0.05, 0) is 24.3 Å². The summed E-state index contributed by atoms with van der Waals surface area (Å²) in [7, 11) is 0. The lowest BCUT2D eigenvalue weighted by Crippen LogP contribution is -2.65. The Labute approximate surface area is 247 Å². The second kappa shape index (κ2) is 14.2. The summed E-state index contributed by atoms with van der Waals surface area (Å²) < 4.78 is 30.5. The number of fused-ring (bicyclic) bond motifs is 1. The van der Waals surface area contributed by atoms with Gasteiger partial charge in [0.25, 0.3) is 0 Å². The number of nitrogens with zero attached hydrogens (tertiary/aromatic N) is 2. The third-order valence-corrected chi connectivity index (χ3v) is 7.40. The van der Waals surface area contributed by atoms with Gasteiger partial charge >= 0.3 is 17.9 Å². The number of imidazole rings is 1. The average Bonchev–Trinajstić information content (AvgIpc) is 3.27. The van der Waals surface area contributed by atoms with E-state index in [1.165, 1.54) is 39.5 Å². The highest BCUT2D eigenvalue weighted by Gasteiger charge is 2.51. The number of benzene rings is 2. The maximum absolute atomic E-state index is 12.3. The molecule has 0 radical (unpaired) electrons. The minimum atomic E-state index is -1.17. The molecule has 1 aliphatic rings. The highest BCUT2D eigenvalue weighted by molar-refractivity contribution is 7.99. The smallest absolute Gasteiger partial charge is 0.303 e. The number of esters is 3. The van der Waals surface area contributed by atoms with Crippen molar-refractivity contribution in [2.24, 2.45) is 0 Å². The number of thioether (sulfide) groups is 1. The lowest BCUT2D eigenvalue weighted by Gasteiger charge is -2.44. The normalized spacial score (nSPS) is 21.8. The molecule has 1 aromatic heterocycles. The van der Waals surface area contributed by atoms with Gasteiger partial charge in [-0.15, -0.1) is 0 Å². The predicted molar refractivity (Wildman–Crippen MR) is 152 cm³/mol. The average molecular weight is 600 g/mol. The summed E-state index contributed by atoms with van der Waals surface area (Å²) in [5.74, 6) is -1.59. The zero-order valence-electron chi connectivity index (χ0n) is 23.7. The molecule has 0 bridgehead atoms. The lowest BCUT2D eigenvalue weighted by molar-refractivity contribution is -0.211. The van der Waals surface area contributed by atoms with Crippen LogP contribution < -0.4 is 10.1 Å². The van der Waals surface area contributed by atoms with Crippen LogP contribution in [0.1, 0.15) is 27.7 Å². The Morgan fingerprint density at radius 3 is 2.24 bits per heavy atom. The molecular weight excluding hydrogens is 566 g/mol. The second-order valence-electron chi connectivity index (χ2n) is 9.53. The van der Waals surface area contributed by atoms with Gasteiger partial charge in [0.1, 0.15) is 36.5 Å². The Morgan fingerprint density at radius 2 is 1.57 bits per heavy atom. The van der Waals surface area contributed by atoms with Crippen molar-refractivity contribution >= 4 is 46.6 Å². The molecule has 42 heavy (non-hydrogen) atoms. The highest BCUT2D eigenvalue weighted by Crippen LogP contribution is 2.37. The molecule has 3 aromatic rings. The SMILES string of the molecule is CC(=O)N[C@H]1[C@@H](OC(C)=O)[C@H](OC(C)=O)[C@@H](COC(C)=O)O[C@H]1Sc1nc2ccccc2n1CCOc1ccccc1. The summed E-state index contributed by atoms with van der Waals surface area (Å²) >= 11 is 1.19. The summed E-state index contributed by atoms with van der Waals surface area (Å²) in [4.78, 5) is 53.0. The van der Waals surface area contributed by atoms with Crippen LogP contribution in [-0.4, -0.2) is 76.4 Å². The number of ether oxygens (including phenoxy) is 5. The van der Waals surface area contributed by atoms with Crippen LogP contribution in [0, 0.1) is 0 Å². The van der Waals surface area contributed by atoms with E-state index in [-0.39, 0.29) is 6.61 Å². The van der Waals surface area contributed by atoms with Gasteiger partial charge in [-0.1, -0.05) is 42.1 Å². The van der Waals surface area contributed by atoms with E-state index in [9.17, 15) is 19.2 Å². The standard InChI is InChI=1S/C29H33N3O9S/c1-17(33)30-25-27(40-20(4)36)26(39-19(3)35)24(16-38-18(2)34)41-28(25)42-29-31-22-12-8-9-13-23(22)32(29)14-15-37-21-10-6-5-7-11-21/h5-13,24-28H,14-16H2,1-4H3,(H,30,33)/t24-,25+,26-,27-,28+/m1/s1. The van der Waals surface area contributed by atoms with E-state index in [2.05, 4.69) is 5.32 Å². The molecule has 5 atom stereocenters. The molecule has 0 spiro atoms. The van der Waals surface area contributed by atoms with Gasteiger partial charge in [0.2, 0.25) is 5.91 Å². The number of amides is 1. The van der Waals surface area contributed by atoms with Crippen LogP contribution in [0.15, 0.2) is 59.8 Å². The zero-order chi connectivity index (χ0) is 30.2. The maximum Gasteiger partial charge on any atom is 0.303 e. The number of nitrogens with one attached hydrogen (secondary N) is 1. The topological polar surface area (TPSA) is 144 Å². The van der Waals surface area contributed by atoms with Crippen molar-refractivity contribution in [2.75, 3.05) is 13.2 Å². The Morgan fingerprint density at radius 1 is 0.905 bits per heavy atom. The first kappa shape index (κ1) is 30.8. The first-order valence-corrected chi connectivity index (χ1v) is 14.2. The van der Waals surface area contributed by atoms with E-state index in [0.29, 0.717) is 18.3 Å². The minimum absolute atomic E-state index is 0.282. The van der Waals surface area contributed by atoms with Gasteiger partial charge in [0, 0.05) is 27.7 Å². The summed E-state index contributed by atoms with van der Waals surface area (Å²) in [5, 5.41) is 3.34. The van der Waals surface area contributed by atoms with Crippen molar-refractivity contribution in [3.63, 3.8) is 0 Å². The van der Waals surface area contributed by atoms with Crippen molar-refractivity contribution in [1.29, 1.82) is 0 Å². The first-order valence-electron chi connectivity index (χ1n) is 13.3. The van der Waals surface area contributed by atoms with Crippen LogP contribution in [0.4, 0.5) is 0 Å². The van der Waals surface area contributed by atoms with Crippen LogP contribution in [0.2, 0.25) is 0 Å². The fourth-order valence-corrected chi connectivity index (χ4v) is 5.87. The van der Waals surface area contributed by atoms with Gasteiger partial charge in [-0.2, -0.15) is 0 Å². The van der Waals surface area contributed by atoms with Crippen LogP contribution in [0.25, 0.3) is 11.0 Å². The van der Waals surface area contributed by atoms with Gasteiger partial charge < -0.3 is 33.6 Å². The zero-order valence-corrected chi connectivity index (χ0v) is 24.5. The number of hydrogen-bond donors (Lipinski definition) is 1. The van der Waals surface area contributed by atoms with Crippen molar-refractivity contribution in [3.8, 4) is 5.75 Å². The van der Waals surface area contributed by atoms with Gasteiger partial charge in [0.15, 0.2) is 17.4 Å². The monoisotopic (exact) mass is 599 g/mol. The van der Waals surface area contributed by atoms with E-state index >= 15 is 0 Å². The molecule has 13 heteroatoms. The molecular formula is C29H33N3O9S. The van der Waals surface area contributed by atoms with Crippen LogP contribution >= 0.6 is 11.8 Å². The molecule has 2 aromatic carbocycles. The summed E-state index contributed by atoms with van der Waals surface area (Å²) in [5.41, 5.74) is 0.697. The molecule has 12 nitrogen and oxygen atoms in total. The van der Waals surface area contributed by atoms with Crippen molar-refractivity contribution in [1.82, 2.24) is 14.9 Å². The maximum atomic E-state index is 12.3. The summed E-state index contributed by atoms with van der Waals surface area (Å²) in [6, 6.07) is 16.1. The molecule has 1 amide bonds. The molecule has 1 aliphatic heterocycles. The number of carbonyl (C=O) groups excluding carboxylic acids is 4. The molecule has 1 saturated heterocycles. The molecule has 224 valence electrons. The van der Waals surface area contributed by atoms with E-state index < -0.39 is 53.6 Å². The number of rotatable bonds is 11. The minimum Gasteiger partial charge on any atom is -0.492 e. The number of carbonyl (C=O) groups is 4. The van der Waals surface area contributed by atoms with E-state index in [0.717, 1.165) is 16.8 Å². The van der Waals surface area contributed by atoms with Crippen LogP contribution in [-0.2, 0) is 44.7 Å². The molecule has 2 heterocycles. The van der Waals surface area contributed by atoms with E-state index in [1.807, 2.05) is 59.2 Å². The van der Waals surface area contributed by atoms with Crippen molar-refractivity contribution in [3.05, 3.63) is 54.6 Å². The molecule has 0 saturated carbocycles. The first-order chi connectivity index (χ1) is 20.1. The Hall–Kier alpha value is -4.10. The van der Waals surface area contributed by atoms with Crippen molar-refractivity contribution in [2.45, 2.75) is 69.2 Å². The van der Waals surface area contributed by atoms with E-state index in [4.69, 9.17) is 28.7 Å². The Kier molecular flexibility index (Phi) is 10.4. The molecule has 1 fully saturated rings. The number of hydrogen-bond acceptors (Lipinski definition) is 11. The number of para-hydroxylation sites is 3. The third-order valence-electron chi connectivity index (χ3n) is 6.24. The van der Waals surface area contributed by atoms with E-state index in [1.54, 1.807) is 0 Å². The van der Waals surface area contributed by atoms with Gasteiger partial charge in [-0.3, -0.25) is 19.2 Å². The Bertz CT molecular complexity index is 1410. The molecule has 0 unspecified atom stereocenters. The quantitative estimate of drug-likeness (QED) is 0.257. The van der Waals surface area contributed by atoms with Gasteiger partial charge in [0.05, 0.1) is 17.6 Å². The summed E-state index contributed by atoms with van der Waals surface area (Å²) in [6.45, 7) is 5.46. The van der Waals surface area contributed by atoms with Crippen LogP contribution in [0.5, 0.6) is 5.75 Å². The van der Waals surface area contributed by atoms with Crippen molar-refractivity contribution < 1.29 is 42.9 Å². The molecule has 1 N–H and O–H groups in total. The molecule has 4 rings (SSSR count). The largest absolute Gasteiger partial charge is 0.492 e.